The molecule has 0 aliphatic heterocycles. The molecule has 7 heteroatoms. The van der Waals surface area contributed by atoms with Crippen molar-refractivity contribution in [2.24, 2.45) is 4.40 Å². The molecule has 108 valence electrons. The Morgan fingerprint density at radius 3 is 2.80 bits per heavy atom. The van der Waals surface area contributed by atoms with Crippen molar-refractivity contribution in [2.45, 2.75) is 39.0 Å². The van der Waals surface area contributed by atoms with Gasteiger partial charge in [0.15, 0.2) is 11.0 Å². The molecule has 2 rings (SSSR count). The summed E-state index contributed by atoms with van der Waals surface area (Å²) < 4.78 is 17.6. The number of aryl methyl sites for hydroxylation is 1. The summed E-state index contributed by atoms with van der Waals surface area (Å²) in [5.41, 5.74) is 1.54. The van der Waals surface area contributed by atoms with Crippen LogP contribution in [0.15, 0.2) is 16.7 Å². The Labute approximate surface area is 125 Å². The molecule has 0 saturated heterocycles. The zero-order valence-electron chi connectivity index (χ0n) is 11.9. The molecule has 0 aliphatic rings. The van der Waals surface area contributed by atoms with Crippen LogP contribution in [0, 0.1) is 0 Å². The van der Waals surface area contributed by atoms with Crippen LogP contribution in [0.5, 0.6) is 0 Å². The largest absolute Gasteiger partial charge is 0.323 e. The SMILES string of the molecule is CCn1c(/C=N/S(=O)C(C)(C)C)nc2c(Cl)nccc21. The molecule has 0 spiro atoms. The predicted octanol–water partition coefficient (Wildman–Crippen LogP) is 2.99. The molecule has 0 amide bonds. The van der Waals surface area contributed by atoms with Crippen molar-refractivity contribution in [1.29, 1.82) is 0 Å². The molecule has 0 bridgehead atoms. The molecule has 0 saturated carbocycles. The lowest BCUT2D eigenvalue weighted by atomic mass is 10.3. The summed E-state index contributed by atoms with van der Waals surface area (Å²) in [7, 11) is -1.31. The topological polar surface area (TPSA) is 60.1 Å². The van der Waals surface area contributed by atoms with E-state index in [0.29, 0.717) is 16.5 Å². The highest BCUT2D eigenvalue weighted by atomic mass is 35.5. The van der Waals surface area contributed by atoms with E-state index < -0.39 is 15.7 Å². The van der Waals surface area contributed by atoms with Gasteiger partial charge in [0.2, 0.25) is 0 Å². The fourth-order valence-corrected chi connectivity index (χ4v) is 2.42. The van der Waals surface area contributed by atoms with Crippen molar-refractivity contribution in [2.75, 3.05) is 0 Å². The van der Waals surface area contributed by atoms with Crippen molar-refractivity contribution in [1.82, 2.24) is 14.5 Å². The quantitative estimate of drug-likeness (QED) is 0.646. The fraction of sp³-hybridized carbons (Fsp3) is 0.462. The van der Waals surface area contributed by atoms with Gasteiger partial charge in [0, 0.05) is 12.7 Å². The Hall–Kier alpha value is -1.27. The Balaban J connectivity index is 2.48. The van der Waals surface area contributed by atoms with Gasteiger partial charge in [-0.1, -0.05) is 11.6 Å². The van der Waals surface area contributed by atoms with Crippen LogP contribution in [0.1, 0.15) is 33.5 Å². The highest BCUT2D eigenvalue weighted by molar-refractivity contribution is 7.85. The predicted molar refractivity (Wildman–Crippen MR) is 83.7 cm³/mol. The van der Waals surface area contributed by atoms with Crippen LogP contribution >= 0.6 is 11.6 Å². The number of pyridine rings is 1. The first-order valence-corrected chi connectivity index (χ1v) is 7.80. The third kappa shape index (κ3) is 2.91. The average Bonchev–Trinajstić information content (AvgIpc) is 2.73. The van der Waals surface area contributed by atoms with Crippen LogP contribution in [0.3, 0.4) is 0 Å². The maximum absolute atomic E-state index is 12.0. The molecule has 0 aliphatic carbocycles. The first kappa shape index (κ1) is 15.1. The molecule has 2 heterocycles. The summed E-state index contributed by atoms with van der Waals surface area (Å²) in [4.78, 5) is 8.44. The van der Waals surface area contributed by atoms with Crippen LogP contribution < -0.4 is 0 Å². The highest BCUT2D eigenvalue weighted by Crippen LogP contribution is 2.21. The minimum absolute atomic E-state index is 0.362. The molecule has 0 aromatic carbocycles. The van der Waals surface area contributed by atoms with E-state index in [0.717, 1.165) is 12.1 Å². The molecule has 2 aromatic rings. The summed E-state index contributed by atoms with van der Waals surface area (Å²) in [5.74, 6) is 0.634. The number of aromatic nitrogens is 3. The van der Waals surface area contributed by atoms with Crippen LogP contribution in [0.25, 0.3) is 11.0 Å². The van der Waals surface area contributed by atoms with Crippen molar-refractivity contribution in [3.63, 3.8) is 0 Å². The van der Waals surface area contributed by atoms with Gasteiger partial charge in [0.1, 0.15) is 16.5 Å². The molecule has 2 aromatic heterocycles. The zero-order chi connectivity index (χ0) is 14.9. The van der Waals surface area contributed by atoms with E-state index in [2.05, 4.69) is 14.4 Å². The van der Waals surface area contributed by atoms with E-state index in [4.69, 9.17) is 11.6 Å². The average molecular weight is 313 g/mol. The summed E-state index contributed by atoms with van der Waals surface area (Å²) in [6.07, 6.45) is 3.19. The van der Waals surface area contributed by atoms with Gasteiger partial charge in [-0.2, -0.15) is 4.40 Å². The maximum atomic E-state index is 12.0. The van der Waals surface area contributed by atoms with E-state index >= 15 is 0 Å². The molecule has 1 unspecified atom stereocenters. The lowest BCUT2D eigenvalue weighted by Gasteiger charge is -2.12. The standard InChI is InChI=1S/C13H17ClN4OS/c1-5-18-9-6-7-15-12(14)11(9)17-10(18)8-16-20(19)13(2,3)4/h6-8H,5H2,1-4H3/b16-8+. The molecule has 0 fully saturated rings. The monoisotopic (exact) mass is 312 g/mol. The van der Waals surface area contributed by atoms with E-state index in [1.807, 2.05) is 38.3 Å². The van der Waals surface area contributed by atoms with Gasteiger partial charge in [-0.05, 0) is 33.8 Å². The van der Waals surface area contributed by atoms with Gasteiger partial charge >= 0.3 is 0 Å². The van der Waals surface area contributed by atoms with Crippen LogP contribution in [0.2, 0.25) is 5.15 Å². The second-order valence-electron chi connectivity index (χ2n) is 5.28. The van der Waals surface area contributed by atoms with E-state index in [1.54, 1.807) is 12.4 Å². The smallest absolute Gasteiger partial charge is 0.156 e. The summed E-state index contributed by atoms with van der Waals surface area (Å²) >= 11 is 6.04. The minimum atomic E-state index is -1.31. The number of hydrogen-bond acceptors (Lipinski definition) is 3. The van der Waals surface area contributed by atoms with Crippen LogP contribution in [-0.4, -0.2) is 29.7 Å². The minimum Gasteiger partial charge on any atom is -0.323 e. The number of hydrogen-bond donors (Lipinski definition) is 0. The number of nitrogens with zero attached hydrogens (tertiary/aromatic N) is 4. The van der Waals surface area contributed by atoms with Gasteiger partial charge in [0.25, 0.3) is 0 Å². The first-order valence-electron chi connectivity index (χ1n) is 6.31. The number of fused-ring (bicyclic) bond motifs is 1. The Morgan fingerprint density at radius 2 is 2.20 bits per heavy atom. The van der Waals surface area contributed by atoms with Gasteiger partial charge in [-0.15, -0.1) is 0 Å². The second kappa shape index (κ2) is 5.61. The zero-order valence-corrected chi connectivity index (χ0v) is 13.5. The molecular formula is C13H17ClN4OS. The van der Waals surface area contributed by atoms with Gasteiger partial charge in [-0.25, -0.2) is 14.2 Å². The Bertz CT molecular complexity index is 687. The summed E-state index contributed by atoms with van der Waals surface area (Å²) in [6.45, 7) is 8.37. The lowest BCUT2D eigenvalue weighted by Crippen LogP contribution is -2.19. The highest BCUT2D eigenvalue weighted by Gasteiger charge is 2.19. The van der Waals surface area contributed by atoms with Crippen molar-refractivity contribution in [3.8, 4) is 0 Å². The maximum Gasteiger partial charge on any atom is 0.156 e. The normalized spacial score (nSPS) is 14.2. The lowest BCUT2D eigenvalue weighted by molar-refractivity contribution is 0.650. The molecule has 0 radical (unpaired) electrons. The molecule has 20 heavy (non-hydrogen) atoms. The van der Waals surface area contributed by atoms with Gasteiger partial charge < -0.3 is 4.57 Å². The van der Waals surface area contributed by atoms with Crippen molar-refractivity contribution in [3.05, 3.63) is 23.2 Å². The van der Waals surface area contributed by atoms with E-state index in [9.17, 15) is 4.21 Å². The van der Waals surface area contributed by atoms with Crippen molar-refractivity contribution < 1.29 is 4.21 Å². The first-order chi connectivity index (χ1) is 9.34. The molecular weight excluding hydrogens is 296 g/mol. The molecule has 1 atom stereocenters. The van der Waals surface area contributed by atoms with Gasteiger partial charge in [-0.3, -0.25) is 0 Å². The Kier molecular flexibility index (Phi) is 4.25. The summed E-state index contributed by atoms with van der Waals surface area (Å²) in [5, 5.41) is 0.362. The van der Waals surface area contributed by atoms with Crippen LogP contribution in [0.4, 0.5) is 0 Å². The third-order valence-corrected chi connectivity index (χ3v) is 4.38. The number of rotatable bonds is 3. The number of halogens is 1. The third-order valence-electron chi connectivity index (χ3n) is 2.76. The second-order valence-corrected chi connectivity index (χ2v) is 7.57. The molecule has 0 N–H and O–H groups in total. The van der Waals surface area contributed by atoms with Crippen LogP contribution in [-0.2, 0) is 17.5 Å². The van der Waals surface area contributed by atoms with Gasteiger partial charge in [0.05, 0.1) is 16.5 Å². The van der Waals surface area contributed by atoms with E-state index in [-0.39, 0.29) is 0 Å². The van der Waals surface area contributed by atoms with Crippen molar-refractivity contribution >= 4 is 39.8 Å². The fourth-order valence-electron chi connectivity index (χ4n) is 1.72. The molecule has 5 nitrogen and oxygen atoms in total. The summed E-state index contributed by atoms with van der Waals surface area (Å²) in [6, 6.07) is 1.86. The Morgan fingerprint density at radius 1 is 1.50 bits per heavy atom. The van der Waals surface area contributed by atoms with E-state index in [1.165, 1.54) is 0 Å². The number of imidazole rings is 1.